The quantitative estimate of drug-likeness (QED) is 0.257. The third kappa shape index (κ3) is 13.2. The van der Waals surface area contributed by atoms with Gasteiger partial charge in [0.15, 0.2) is 0 Å². The molecule has 0 aromatic heterocycles. The van der Waals surface area contributed by atoms with Crippen LogP contribution in [0.15, 0.2) is 0 Å². The molecule has 0 amide bonds. The Balaban J connectivity index is 4.62. The summed E-state index contributed by atoms with van der Waals surface area (Å²) in [6, 6.07) is 0. The molecule has 0 aromatic rings. The highest BCUT2D eigenvalue weighted by atomic mass is 16.4. The summed E-state index contributed by atoms with van der Waals surface area (Å²) in [7, 11) is 0. The predicted octanol–water partition coefficient (Wildman–Crippen LogP) is -1.45. The van der Waals surface area contributed by atoms with Gasteiger partial charge in [0.25, 0.3) is 0 Å². The molecule has 0 spiro atoms. The number of aliphatic hydroxyl groups excluding tert-OH is 1. The molecule has 0 saturated carbocycles. The van der Waals surface area contributed by atoms with Crippen molar-refractivity contribution >= 4 is 17.9 Å². The molecule has 0 aliphatic heterocycles. The van der Waals surface area contributed by atoms with Gasteiger partial charge in [-0.15, -0.1) is 0 Å². The first-order valence-corrected chi connectivity index (χ1v) is 8.21. The zero-order valence-electron chi connectivity index (χ0n) is 14.6. The van der Waals surface area contributed by atoms with Gasteiger partial charge in [0.2, 0.25) is 0 Å². The summed E-state index contributed by atoms with van der Waals surface area (Å²) in [5, 5.41) is 35.7. The molecule has 4 N–H and O–H groups in total. The third-order valence-electron chi connectivity index (χ3n) is 3.50. The SMILES string of the molecule is CCCN(CCN(CCN(CCO)CC(=O)O)CC(=O)O)CC(=O)O. The second-order valence-electron chi connectivity index (χ2n) is 5.73. The Labute approximate surface area is 147 Å². The highest BCUT2D eigenvalue weighted by Crippen LogP contribution is 1.97. The normalized spacial score (nSPS) is 11.4. The maximum Gasteiger partial charge on any atom is 0.317 e. The number of aliphatic hydroxyl groups is 1. The Hall–Kier alpha value is -1.75. The van der Waals surface area contributed by atoms with Gasteiger partial charge in [-0.25, -0.2) is 0 Å². The molecule has 0 aromatic carbocycles. The molecule has 0 rings (SSSR count). The van der Waals surface area contributed by atoms with Crippen LogP contribution in [0.3, 0.4) is 0 Å². The molecule has 146 valence electrons. The predicted molar refractivity (Wildman–Crippen MR) is 89.6 cm³/mol. The number of carboxylic acid groups (broad SMARTS) is 3. The summed E-state index contributed by atoms with van der Waals surface area (Å²) in [6.45, 7) is 3.36. The molecule has 0 atom stereocenters. The van der Waals surface area contributed by atoms with Gasteiger partial charge < -0.3 is 20.4 Å². The second kappa shape index (κ2) is 13.5. The Morgan fingerprint density at radius 3 is 1.24 bits per heavy atom. The van der Waals surface area contributed by atoms with E-state index >= 15 is 0 Å². The van der Waals surface area contributed by atoms with E-state index in [9.17, 15) is 14.4 Å². The summed E-state index contributed by atoms with van der Waals surface area (Å²) >= 11 is 0. The summed E-state index contributed by atoms with van der Waals surface area (Å²) in [5.74, 6) is -2.96. The summed E-state index contributed by atoms with van der Waals surface area (Å²) < 4.78 is 0. The van der Waals surface area contributed by atoms with E-state index < -0.39 is 17.9 Å². The first-order valence-electron chi connectivity index (χ1n) is 8.21. The van der Waals surface area contributed by atoms with Crippen molar-refractivity contribution in [1.29, 1.82) is 0 Å². The van der Waals surface area contributed by atoms with Crippen LogP contribution in [0.25, 0.3) is 0 Å². The number of carbonyl (C=O) groups is 3. The molecule has 0 unspecified atom stereocenters. The molecule has 0 fully saturated rings. The maximum absolute atomic E-state index is 11.0. The van der Waals surface area contributed by atoms with Crippen LogP contribution in [0.2, 0.25) is 0 Å². The molecular formula is C15H29N3O7. The van der Waals surface area contributed by atoms with Crippen molar-refractivity contribution in [2.24, 2.45) is 0 Å². The smallest absolute Gasteiger partial charge is 0.317 e. The van der Waals surface area contributed by atoms with E-state index in [2.05, 4.69) is 0 Å². The largest absolute Gasteiger partial charge is 0.480 e. The second-order valence-corrected chi connectivity index (χ2v) is 5.73. The fraction of sp³-hybridized carbons (Fsp3) is 0.800. The third-order valence-corrected chi connectivity index (χ3v) is 3.50. The van der Waals surface area contributed by atoms with Crippen LogP contribution in [0.4, 0.5) is 0 Å². The molecule has 0 saturated heterocycles. The van der Waals surface area contributed by atoms with Gasteiger partial charge in [-0.1, -0.05) is 6.92 Å². The van der Waals surface area contributed by atoms with Crippen LogP contribution in [0, 0.1) is 0 Å². The molecule has 0 aliphatic carbocycles. The van der Waals surface area contributed by atoms with Crippen molar-refractivity contribution in [1.82, 2.24) is 14.7 Å². The van der Waals surface area contributed by atoms with Crippen LogP contribution < -0.4 is 0 Å². The van der Waals surface area contributed by atoms with Crippen LogP contribution >= 0.6 is 0 Å². The van der Waals surface area contributed by atoms with Crippen LogP contribution in [0.1, 0.15) is 13.3 Å². The summed E-state index contributed by atoms with van der Waals surface area (Å²) in [5.41, 5.74) is 0. The van der Waals surface area contributed by atoms with E-state index in [1.54, 1.807) is 9.80 Å². The van der Waals surface area contributed by atoms with Crippen LogP contribution in [-0.2, 0) is 14.4 Å². The van der Waals surface area contributed by atoms with E-state index in [-0.39, 0.29) is 32.8 Å². The van der Waals surface area contributed by atoms with Gasteiger partial charge in [0, 0.05) is 32.7 Å². The van der Waals surface area contributed by atoms with E-state index in [1.165, 1.54) is 4.90 Å². The molecule has 10 nitrogen and oxygen atoms in total. The molecule has 10 heteroatoms. The molecule has 0 bridgehead atoms. The number of hydrogen-bond acceptors (Lipinski definition) is 7. The summed E-state index contributed by atoms with van der Waals surface area (Å²) in [4.78, 5) is 37.6. The average molecular weight is 363 g/mol. The van der Waals surface area contributed by atoms with Crippen molar-refractivity contribution in [3.05, 3.63) is 0 Å². The van der Waals surface area contributed by atoms with E-state index in [0.29, 0.717) is 32.7 Å². The van der Waals surface area contributed by atoms with Crippen molar-refractivity contribution < 1.29 is 34.8 Å². The van der Waals surface area contributed by atoms with E-state index in [0.717, 1.165) is 6.42 Å². The zero-order chi connectivity index (χ0) is 19.2. The van der Waals surface area contributed by atoms with Crippen molar-refractivity contribution in [3.8, 4) is 0 Å². The van der Waals surface area contributed by atoms with Crippen LogP contribution in [-0.4, -0.2) is 119 Å². The maximum atomic E-state index is 11.0. The minimum Gasteiger partial charge on any atom is -0.480 e. The Bertz CT molecular complexity index is 390. The van der Waals surface area contributed by atoms with Gasteiger partial charge in [-0.2, -0.15) is 0 Å². The Kier molecular flexibility index (Phi) is 12.6. The van der Waals surface area contributed by atoms with Crippen molar-refractivity contribution in [2.45, 2.75) is 13.3 Å². The van der Waals surface area contributed by atoms with E-state index in [1.807, 2.05) is 6.92 Å². The van der Waals surface area contributed by atoms with Gasteiger partial charge in [0.05, 0.1) is 26.2 Å². The molecule has 25 heavy (non-hydrogen) atoms. The molecular weight excluding hydrogens is 334 g/mol. The first-order chi connectivity index (χ1) is 11.8. The summed E-state index contributed by atoms with van der Waals surface area (Å²) in [6.07, 6.45) is 0.787. The molecule has 0 radical (unpaired) electrons. The van der Waals surface area contributed by atoms with Gasteiger partial charge in [-0.3, -0.25) is 29.1 Å². The Morgan fingerprint density at radius 1 is 0.640 bits per heavy atom. The van der Waals surface area contributed by atoms with Crippen LogP contribution in [0.5, 0.6) is 0 Å². The minimum atomic E-state index is -1.02. The zero-order valence-corrected chi connectivity index (χ0v) is 14.6. The van der Waals surface area contributed by atoms with Gasteiger partial charge >= 0.3 is 17.9 Å². The molecule has 0 heterocycles. The Morgan fingerprint density at radius 2 is 0.960 bits per heavy atom. The highest BCUT2D eigenvalue weighted by molar-refractivity contribution is 5.69. The lowest BCUT2D eigenvalue weighted by Gasteiger charge is -2.28. The lowest BCUT2D eigenvalue weighted by atomic mass is 10.3. The van der Waals surface area contributed by atoms with Gasteiger partial charge in [0.1, 0.15) is 0 Å². The monoisotopic (exact) mass is 363 g/mol. The molecule has 0 aliphatic rings. The first kappa shape index (κ1) is 23.2. The van der Waals surface area contributed by atoms with Crippen molar-refractivity contribution in [3.63, 3.8) is 0 Å². The average Bonchev–Trinajstić information content (AvgIpc) is 2.48. The topological polar surface area (TPSA) is 142 Å². The van der Waals surface area contributed by atoms with Crippen molar-refractivity contribution in [2.75, 3.05) is 65.5 Å². The number of nitrogens with zero attached hydrogens (tertiary/aromatic N) is 3. The highest BCUT2D eigenvalue weighted by Gasteiger charge is 2.16. The van der Waals surface area contributed by atoms with E-state index in [4.69, 9.17) is 20.4 Å². The lowest BCUT2D eigenvalue weighted by molar-refractivity contribution is -0.140. The fourth-order valence-electron chi connectivity index (χ4n) is 2.41. The number of carboxylic acids is 3. The van der Waals surface area contributed by atoms with Gasteiger partial charge in [-0.05, 0) is 13.0 Å². The number of rotatable bonds is 16. The number of aliphatic carboxylic acids is 3. The lowest BCUT2D eigenvalue weighted by Crippen LogP contribution is -2.44. The number of hydrogen-bond donors (Lipinski definition) is 4. The standard InChI is InChI=1S/C15H29N3O7/c1-2-3-16(10-13(20)21)4-5-17(11-14(22)23)6-7-18(8-9-19)12-15(24)25/h19H,2-12H2,1H3,(H,20,21)(H,22,23)(H,24,25). The fourth-order valence-corrected chi connectivity index (χ4v) is 2.41. The minimum absolute atomic E-state index is 0.107.